The second kappa shape index (κ2) is 7.02. The van der Waals surface area contributed by atoms with Crippen LogP contribution in [0, 0.1) is 5.41 Å². The van der Waals surface area contributed by atoms with Gasteiger partial charge in [-0.15, -0.1) is 11.3 Å². The highest BCUT2D eigenvalue weighted by atomic mass is 32.1. The summed E-state index contributed by atoms with van der Waals surface area (Å²) in [6, 6.07) is 2.06. The van der Waals surface area contributed by atoms with Crippen molar-refractivity contribution in [1.29, 1.82) is 0 Å². The largest absolute Gasteiger partial charge is 0.376 e. The number of hydrogen-bond donors (Lipinski definition) is 0. The molecule has 1 amide bonds. The van der Waals surface area contributed by atoms with Gasteiger partial charge in [-0.2, -0.15) is 0 Å². The van der Waals surface area contributed by atoms with Gasteiger partial charge in [-0.05, 0) is 49.0 Å². The Bertz CT molecular complexity index is 824. The minimum atomic E-state index is 0.248. The van der Waals surface area contributed by atoms with Crippen molar-refractivity contribution in [3.05, 3.63) is 17.8 Å². The summed E-state index contributed by atoms with van der Waals surface area (Å²) < 4.78 is 6.96. The van der Waals surface area contributed by atoms with Crippen molar-refractivity contribution in [2.45, 2.75) is 44.6 Å². The molecule has 3 fully saturated rings. The number of aromatic nitrogens is 2. The van der Waals surface area contributed by atoms with E-state index >= 15 is 0 Å². The number of hydrogen-bond acceptors (Lipinski definition) is 6. The Morgan fingerprint density at radius 1 is 1.26 bits per heavy atom. The van der Waals surface area contributed by atoms with E-state index in [-0.39, 0.29) is 11.5 Å². The van der Waals surface area contributed by atoms with Crippen molar-refractivity contribution < 1.29 is 9.53 Å². The maximum atomic E-state index is 12.5. The maximum Gasteiger partial charge on any atom is 0.222 e. The third-order valence-corrected chi connectivity index (χ3v) is 7.44. The Balaban J connectivity index is 1.27. The molecule has 7 heteroatoms. The number of piperidine rings is 2. The Kier molecular flexibility index (Phi) is 4.52. The van der Waals surface area contributed by atoms with Gasteiger partial charge in [0, 0.05) is 39.2 Å². The van der Waals surface area contributed by atoms with Crippen molar-refractivity contribution in [2.75, 3.05) is 37.7 Å². The van der Waals surface area contributed by atoms with Crippen LogP contribution in [0.1, 0.15) is 38.5 Å². The van der Waals surface area contributed by atoms with Crippen molar-refractivity contribution in [3.8, 4) is 0 Å². The molecule has 5 rings (SSSR count). The number of amides is 1. The highest BCUT2D eigenvalue weighted by Gasteiger charge is 2.42. The van der Waals surface area contributed by atoms with E-state index in [2.05, 4.69) is 31.2 Å². The molecule has 0 aliphatic carbocycles. The number of carbonyl (C=O) groups is 1. The number of fused-ring (bicyclic) bond motifs is 1. The fourth-order valence-electron chi connectivity index (χ4n) is 4.90. The van der Waals surface area contributed by atoms with Gasteiger partial charge in [0.1, 0.15) is 12.1 Å². The minimum Gasteiger partial charge on any atom is -0.376 e. The van der Waals surface area contributed by atoms with Gasteiger partial charge in [-0.25, -0.2) is 9.97 Å². The van der Waals surface area contributed by atoms with Crippen LogP contribution in [0.5, 0.6) is 0 Å². The van der Waals surface area contributed by atoms with E-state index in [1.54, 1.807) is 17.7 Å². The first kappa shape index (κ1) is 17.4. The van der Waals surface area contributed by atoms with Crippen LogP contribution in [0.3, 0.4) is 0 Å². The Hall–Kier alpha value is -1.73. The molecule has 6 nitrogen and oxygen atoms in total. The number of anilines is 1. The molecule has 1 spiro atoms. The van der Waals surface area contributed by atoms with Crippen molar-refractivity contribution in [2.24, 2.45) is 5.41 Å². The van der Waals surface area contributed by atoms with Crippen LogP contribution in [0.2, 0.25) is 0 Å². The molecule has 5 heterocycles. The molecule has 0 radical (unpaired) electrons. The fraction of sp³-hybridized carbons (Fsp3) is 0.650. The van der Waals surface area contributed by atoms with Gasteiger partial charge in [-0.3, -0.25) is 4.79 Å². The lowest BCUT2D eigenvalue weighted by Gasteiger charge is -2.48. The summed E-state index contributed by atoms with van der Waals surface area (Å²) in [6.45, 7) is 4.55. The number of nitrogens with zero attached hydrogens (tertiary/aromatic N) is 4. The van der Waals surface area contributed by atoms with Crippen LogP contribution in [-0.4, -0.2) is 59.7 Å². The Morgan fingerprint density at radius 3 is 2.96 bits per heavy atom. The third-order valence-electron chi connectivity index (χ3n) is 6.54. The normalized spacial score (nSPS) is 25.6. The molecular formula is C20H26N4O2S. The predicted octanol–water partition coefficient (Wildman–Crippen LogP) is 3.08. The van der Waals surface area contributed by atoms with Gasteiger partial charge >= 0.3 is 0 Å². The van der Waals surface area contributed by atoms with Gasteiger partial charge in [0.2, 0.25) is 5.91 Å². The Morgan fingerprint density at radius 2 is 2.15 bits per heavy atom. The first-order valence-electron chi connectivity index (χ1n) is 10.1. The van der Waals surface area contributed by atoms with E-state index in [4.69, 9.17) is 4.74 Å². The maximum absolute atomic E-state index is 12.5. The fourth-order valence-corrected chi connectivity index (χ4v) is 5.77. The van der Waals surface area contributed by atoms with Crippen LogP contribution < -0.4 is 4.90 Å². The summed E-state index contributed by atoms with van der Waals surface area (Å²) in [7, 11) is 0. The number of rotatable bonds is 3. The van der Waals surface area contributed by atoms with E-state index in [0.29, 0.717) is 12.3 Å². The molecule has 0 bridgehead atoms. The molecule has 0 aromatic carbocycles. The SMILES string of the molecule is O=C1CCC2(CCN(c3ncnc4ccsc34)CC2)CN1CC1CCCO1. The van der Waals surface area contributed by atoms with E-state index in [1.807, 2.05) is 0 Å². The topological polar surface area (TPSA) is 58.6 Å². The second-order valence-electron chi connectivity index (χ2n) is 8.23. The van der Waals surface area contributed by atoms with E-state index in [1.165, 1.54) is 4.70 Å². The van der Waals surface area contributed by atoms with Crippen LogP contribution >= 0.6 is 11.3 Å². The molecule has 0 saturated carbocycles. The van der Waals surface area contributed by atoms with Crippen molar-refractivity contribution >= 4 is 33.3 Å². The van der Waals surface area contributed by atoms with E-state index < -0.39 is 0 Å². The van der Waals surface area contributed by atoms with Gasteiger partial charge in [-0.1, -0.05) is 0 Å². The average molecular weight is 387 g/mol. The minimum absolute atomic E-state index is 0.248. The van der Waals surface area contributed by atoms with Gasteiger partial charge in [0.05, 0.1) is 16.3 Å². The summed E-state index contributed by atoms with van der Waals surface area (Å²) in [4.78, 5) is 25.9. The molecule has 2 aromatic rings. The smallest absolute Gasteiger partial charge is 0.222 e. The average Bonchev–Trinajstić information content (AvgIpc) is 3.37. The zero-order chi connectivity index (χ0) is 18.3. The number of likely N-dealkylation sites (tertiary alicyclic amines) is 1. The monoisotopic (exact) mass is 386 g/mol. The van der Waals surface area contributed by atoms with Crippen LogP contribution in [0.15, 0.2) is 17.8 Å². The number of ether oxygens (including phenoxy) is 1. The van der Waals surface area contributed by atoms with Gasteiger partial charge in [0.25, 0.3) is 0 Å². The summed E-state index contributed by atoms with van der Waals surface area (Å²) in [5.74, 6) is 1.39. The first-order chi connectivity index (χ1) is 13.2. The molecule has 2 aromatic heterocycles. The molecule has 1 atom stereocenters. The highest BCUT2D eigenvalue weighted by molar-refractivity contribution is 7.17. The summed E-state index contributed by atoms with van der Waals surface area (Å²) in [6.07, 6.45) is 8.11. The standard InChI is InChI=1S/C20H26N4O2S/c25-17-3-5-20(13-24(17)12-15-2-1-10-26-15)6-8-23(9-7-20)19-18-16(4-11-27-18)21-14-22-19/h4,11,14-15H,1-3,5-10,12-13H2. The van der Waals surface area contributed by atoms with Crippen molar-refractivity contribution in [3.63, 3.8) is 0 Å². The Labute approximate surface area is 163 Å². The molecule has 144 valence electrons. The zero-order valence-electron chi connectivity index (χ0n) is 15.6. The van der Waals surface area contributed by atoms with Crippen LogP contribution in [0.4, 0.5) is 5.82 Å². The van der Waals surface area contributed by atoms with E-state index in [9.17, 15) is 4.79 Å². The molecule has 1 unspecified atom stereocenters. The zero-order valence-corrected chi connectivity index (χ0v) is 16.4. The van der Waals surface area contributed by atoms with Gasteiger partial charge in [0.15, 0.2) is 0 Å². The quantitative estimate of drug-likeness (QED) is 0.811. The molecular weight excluding hydrogens is 360 g/mol. The summed E-state index contributed by atoms with van der Waals surface area (Å²) in [5, 5.41) is 2.09. The van der Waals surface area contributed by atoms with Crippen LogP contribution in [0.25, 0.3) is 10.2 Å². The van der Waals surface area contributed by atoms with E-state index in [0.717, 1.165) is 76.2 Å². The molecule has 27 heavy (non-hydrogen) atoms. The molecule has 3 aliphatic heterocycles. The summed E-state index contributed by atoms with van der Waals surface area (Å²) in [5.41, 5.74) is 1.31. The molecule has 3 saturated heterocycles. The summed E-state index contributed by atoms with van der Waals surface area (Å²) >= 11 is 1.72. The van der Waals surface area contributed by atoms with Crippen LogP contribution in [-0.2, 0) is 9.53 Å². The third kappa shape index (κ3) is 3.31. The highest BCUT2D eigenvalue weighted by Crippen LogP contribution is 2.42. The lowest BCUT2D eigenvalue weighted by molar-refractivity contribution is -0.140. The lowest BCUT2D eigenvalue weighted by atomic mass is 9.72. The lowest BCUT2D eigenvalue weighted by Crippen LogP contribution is -2.53. The number of thiophene rings is 1. The predicted molar refractivity (Wildman–Crippen MR) is 106 cm³/mol. The van der Waals surface area contributed by atoms with Gasteiger partial charge < -0.3 is 14.5 Å². The molecule has 0 N–H and O–H groups in total. The van der Waals surface area contributed by atoms with Crippen molar-refractivity contribution in [1.82, 2.24) is 14.9 Å². The number of carbonyl (C=O) groups excluding carboxylic acids is 1. The first-order valence-corrected chi connectivity index (χ1v) is 10.9. The molecule has 3 aliphatic rings. The second-order valence-corrected chi connectivity index (χ2v) is 9.14.